The molecule has 0 bridgehead atoms. The topological polar surface area (TPSA) is 240 Å². The molecule has 0 atom stereocenters. The maximum absolute atomic E-state index is 13.0. The second-order valence-corrected chi connectivity index (χ2v) is 25.3. The maximum Gasteiger partial charge on any atom is 0.292 e. The van der Waals surface area contributed by atoms with Gasteiger partial charge in [-0.25, -0.2) is 14.4 Å². The van der Waals surface area contributed by atoms with Crippen molar-refractivity contribution in [3.8, 4) is 23.5 Å². The minimum absolute atomic E-state index is 0.0100. The van der Waals surface area contributed by atoms with Gasteiger partial charge in [0.1, 0.15) is 43.7 Å². The number of fused-ring (bicyclic) bond motifs is 5. The van der Waals surface area contributed by atoms with Gasteiger partial charge in [-0.3, -0.25) is 47.9 Å². The van der Waals surface area contributed by atoms with Crippen LogP contribution in [-0.4, -0.2) is 136 Å². The first-order chi connectivity index (χ1) is 50.9. The van der Waals surface area contributed by atoms with E-state index in [0.717, 1.165) is 61.7 Å². The number of aromatic nitrogens is 10. The van der Waals surface area contributed by atoms with Crippen LogP contribution in [0.2, 0.25) is 0 Å². The largest absolute Gasteiger partial charge is 0.472 e. The van der Waals surface area contributed by atoms with Gasteiger partial charge in [-0.05, 0) is 71.1 Å². The van der Waals surface area contributed by atoms with E-state index in [1.54, 1.807) is 41.6 Å². The molecule has 104 heavy (non-hydrogen) atoms. The Hall–Kier alpha value is -12.7. The standard InChI is InChI=1S/C22H20N4O2.C21H20FN3O2.C18H17N5O2.C18H18N4O2/c27-22(21-19-9-5-4-8-17(19)13-23-21)25-10-11-26-18(14-25)12-20(24-26)28-15-16-6-2-1-3-7-16;1-15-2-6-17(7-3-15)21(26)24-10-11-25-19(13-24)12-20(23-25)27-14-16-4-8-18(22)9-5-16;24-18(17-19-7-4-8-20-17)22-9-10-23-15(12-22)11-16(21-23)25-13-14-5-2-1-3-6-14;23-18(16-7-4-8-19-16)21-9-10-22-15(12-21)11-17(20-22)24-13-14-5-2-1-3-6-14/h1-9,12H,10-11,13-15H2;2-9,12H,10-11,13-14H2,1H3;1-8,11H,9-10,12-13H2;1-7,11H,8-10,12-13H2. The summed E-state index contributed by atoms with van der Waals surface area (Å²) in [7, 11) is 0. The minimum Gasteiger partial charge on any atom is -0.472 e. The average Bonchev–Trinajstić information content (AvgIpc) is 1.65. The Bertz CT molecular complexity index is 4910. The van der Waals surface area contributed by atoms with Crippen molar-refractivity contribution in [1.82, 2.24) is 68.7 Å². The predicted molar refractivity (Wildman–Crippen MR) is 384 cm³/mol. The molecular formula is C79H75FN16O8. The number of carbonyl (C=O) groups is 4. The van der Waals surface area contributed by atoms with Crippen LogP contribution in [0.4, 0.5) is 4.39 Å². The lowest BCUT2D eigenvalue weighted by Gasteiger charge is -2.27. The molecular weight excluding hydrogens is 1320 g/mol. The van der Waals surface area contributed by atoms with Gasteiger partial charge >= 0.3 is 0 Å². The number of benzene rings is 6. The van der Waals surface area contributed by atoms with Crippen LogP contribution in [0.15, 0.2) is 229 Å². The highest BCUT2D eigenvalue weighted by atomic mass is 19.1. The Kier molecular flexibility index (Phi) is 21.3. The number of hydrogen-bond donors (Lipinski definition) is 0. The van der Waals surface area contributed by atoms with E-state index in [9.17, 15) is 23.6 Å². The highest BCUT2D eigenvalue weighted by Gasteiger charge is 2.31. The predicted octanol–water partition coefficient (Wildman–Crippen LogP) is 10.1. The zero-order valence-electron chi connectivity index (χ0n) is 57.3. The molecule has 6 aromatic carbocycles. The molecule has 6 aliphatic rings. The summed E-state index contributed by atoms with van der Waals surface area (Å²) in [5.41, 5.74) is 13.0. The van der Waals surface area contributed by atoms with Gasteiger partial charge in [-0.2, -0.15) is 0 Å². The lowest BCUT2D eigenvalue weighted by Crippen LogP contribution is -2.41. The molecule has 0 aliphatic carbocycles. The molecule has 5 aromatic heterocycles. The zero-order valence-corrected chi connectivity index (χ0v) is 57.3. The van der Waals surface area contributed by atoms with E-state index >= 15 is 0 Å². The van der Waals surface area contributed by atoms with Gasteiger partial charge < -0.3 is 38.5 Å². The molecule has 526 valence electrons. The van der Waals surface area contributed by atoms with Crippen molar-refractivity contribution in [3.05, 3.63) is 298 Å². The van der Waals surface area contributed by atoms with Crippen LogP contribution in [0.1, 0.15) is 82.7 Å². The Labute approximate surface area is 599 Å². The second kappa shape index (κ2) is 32.3. The number of hydrogen-bond acceptors (Lipinski definition) is 16. The third-order valence-corrected chi connectivity index (χ3v) is 18.0. The summed E-state index contributed by atoms with van der Waals surface area (Å²) in [5, 5.41) is 17.9. The van der Waals surface area contributed by atoms with Crippen LogP contribution in [0, 0.1) is 12.7 Å². The van der Waals surface area contributed by atoms with E-state index in [0.29, 0.717) is 159 Å². The molecule has 0 radical (unpaired) electrons. The van der Waals surface area contributed by atoms with Gasteiger partial charge in [0.05, 0.1) is 88.2 Å². The number of halogens is 1. The molecule has 25 heteroatoms. The quantitative estimate of drug-likeness (QED) is 0.0875. The highest BCUT2D eigenvalue weighted by molar-refractivity contribution is 6.46. The molecule has 11 aromatic rings. The van der Waals surface area contributed by atoms with E-state index in [1.807, 2.05) is 210 Å². The van der Waals surface area contributed by atoms with Crippen molar-refractivity contribution in [2.24, 2.45) is 9.98 Å². The molecule has 17 rings (SSSR count). The Morgan fingerprint density at radius 1 is 0.413 bits per heavy atom. The van der Waals surface area contributed by atoms with E-state index in [2.05, 4.69) is 40.3 Å². The molecule has 0 saturated carbocycles. The Morgan fingerprint density at radius 2 is 0.817 bits per heavy atom. The van der Waals surface area contributed by atoms with Gasteiger partial charge in [-0.15, -0.1) is 20.4 Å². The number of amides is 4. The molecule has 24 nitrogen and oxygen atoms in total. The van der Waals surface area contributed by atoms with Crippen molar-refractivity contribution < 1.29 is 42.5 Å². The smallest absolute Gasteiger partial charge is 0.292 e. The van der Waals surface area contributed by atoms with Crippen molar-refractivity contribution in [2.45, 2.75) is 92.3 Å². The normalized spacial score (nSPS) is 14.4. The lowest BCUT2D eigenvalue weighted by atomic mass is 10.0. The number of nitrogens with zero attached hydrogens (tertiary/aromatic N) is 16. The fourth-order valence-electron chi connectivity index (χ4n) is 12.4. The van der Waals surface area contributed by atoms with Crippen LogP contribution in [0.25, 0.3) is 0 Å². The average molecular weight is 1400 g/mol. The monoisotopic (exact) mass is 1390 g/mol. The highest BCUT2D eigenvalue weighted by Crippen LogP contribution is 2.27. The molecule has 0 spiro atoms. The first kappa shape index (κ1) is 68.5. The SMILES string of the molecule is Cc1ccc(C(=O)N2CCn3nc(OCc4ccc(F)cc4)cc3C2)cc1.O=C(C1=NCC=C1)N1CCn2nc(OCc3ccccc3)cc2C1.O=C(C1=NCc2ccccc21)N1CCn2nc(OCc3ccccc3)cc2C1.O=C(c1ncccn1)N1CCn2nc(OCc3ccccc3)cc2C1. The van der Waals surface area contributed by atoms with Crippen LogP contribution >= 0.6 is 0 Å². The number of carbonyl (C=O) groups excluding carboxylic acids is 4. The van der Waals surface area contributed by atoms with E-state index in [-0.39, 0.29) is 35.3 Å². The third kappa shape index (κ3) is 17.0. The van der Waals surface area contributed by atoms with Gasteiger partial charge in [0.25, 0.3) is 23.6 Å². The van der Waals surface area contributed by atoms with E-state index in [4.69, 9.17) is 18.9 Å². The summed E-state index contributed by atoms with van der Waals surface area (Å²) in [4.78, 5) is 74.6. The number of rotatable bonds is 16. The number of aliphatic imine (C=N–C) groups is 2. The summed E-state index contributed by atoms with van der Waals surface area (Å²) in [6, 6.07) is 61.0. The maximum atomic E-state index is 13.0. The fraction of sp³-hybridized carbons (Fsp3) is 0.241. The first-order valence-electron chi connectivity index (χ1n) is 34.4. The number of aryl methyl sites for hydroxylation is 1. The van der Waals surface area contributed by atoms with Gasteiger partial charge in [0.15, 0.2) is 0 Å². The lowest BCUT2D eigenvalue weighted by molar-refractivity contribution is -0.126. The summed E-state index contributed by atoms with van der Waals surface area (Å²) < 4.78 is 43.6. The molecule has 11 heterocycles. The second-order valence-electron chi connectivity index (χ2n) is 25.3. The fourth-order valence-corrected chi connectivity index (χ4v) is 12.4. The molecule has 0 N–H and O–H groups in total. The molecule has 6 aliphatic heterocycles. The Morgan fingerprint density at radius 3 is 1.26 bits per heavy atom. The third-order valence-electron chi connectivity index (χ3n) is 18.0. The van der Waals surface area contributed by atoms with Crippen LogP contribution in [0.3, 0.4) is 0 Å². The van der Waals surface area contributed by atoms with Crippen molar-refractivity contribution >= 4 is 35.1 Å². The summed E-state index contributed by atoms with van der Waals surface area (Å²) in [6.45, 7) is 12.0. The van der Waals surface area contributed by atoms with E-state index < -0.39 is 0 Å². The van der Waals surface area contributed by atoms with Gasteiger partial charge in [0, 0.05) is 74.0 Å². The summed E-state index contributed by atoms with van der Waals surface area (Å²) in [6.07, 6.45) is 6.84. The van der Waals surface area contributed by atoms with Crippen molar-refractivity contribution in [3.63, 3.8) is 0 Å². The van der Waals surface area contributed by atoms with Gasteiger partial charge in [0.2, 0.25) is 29.3 Å². The van der Waals surface area contributed by atoms with E-state index in [1.165, 1.54) is 12.1 Å². The van der Waals surface area contributed by atoms with Crippen LogP contribution < -0.4 is 18.9 Å². The molecule has 0 fully saturated rings. The zero-order chi connectivity index (χ0) is 71.1. The van der Waals surface area contributed by atoms with Crippen molar-refractivity contribution in [2.75, 3.05) is 32.7 Å². The Balaban J connectivity index is 0.000000117. The van der Waals surface area contributed by atoms with Crippen LogP contribution in [0.5, 0.6) is 23.5 Å². The molecule has 0 saturated heterocycles. The van der Waals surface area contributed by atoms with Gasteiger partial charge in [-0.1, -0.05) is 151 Å². The first-order valence-corrected chi connectivity index (χ1v) is 34.4. The molecule has 4 amide bonds. The number of ether oxygens (including phenoxy) is 4. The summed E-state index contributed by atoms with van der Waals surface area (Å²) >= 11 is 0. The van der Waals surface area contributed by atoms with Crippen molar-refractivity contribution in [1.29, 1.82) is 0 Å². The van der Waals surface area contributed by atoms with Crippen LogP contribution in [-0.2, 0) is 94.9 Å². The minimum atomic E-state index is -0.269. The molecule has 0 unspecified atom stereocenters. The summed E-state index contributed by atoms with van der Waals surface area (Å²) in [5.74, 6) is 2.06.